The van der Waals surface area contributed by atoms with Crippen LogP contribution in [0.1, 0.15) is 34.1 Å². The van der Waals surface area contributed by atoms with Crippen molar-refractivity contribution >= 4 is 46.8 Å². The highest BCUT2D eigenvalue weighted by molar-refractivity contribution is 6.34. The predicted molar refractivity (Wildman–Crippen MR) is 140 cm³/mol. The summed E-state index contributed by atoms with van der Waals surface area (Å²) >= 11 is 12.3. The normalized spacial score (nSPS) is 12.0. The van der Waals surface area contributed by atoms with Gasteiger partial charge in [-0.25, -0.2) is 9.37 Å². The molecule has 0 fully saturated rings. The van der Waals surface area contributed by atoms with Crippen LogP contribution in [-0.2, 0) is 4.79 Å². The number of benzene rings is 2. The summed E-state index contributed by atoms with van der Waals surface area (Å²) in [4.78, 5) is 41.4. The zero-order valence-corrected chi connectivity index (χ0v) is 22.4. The smallest absolute Gasteiger partial charge is 0.422 e. The van der Waals surface area contributed by atoms with Crippen molar-refractivity contribution in [1.29, 1.82) is 0 Å². The van der Waals surface area contributed by atoms with Crippen molar-refractivity contribution in [2.24, 2.45) is 0 Å². The SMILES string of the molecule is CC(CC(=O)O)NC(=O)c1ccc(Cl)c(-c2cnc(N(C)C(=O)c3c(F)cccc3Cl)c(OCC(F)(F)F)c2)c1. The Morgan fingerprint density at radius 1 is 1.12 bits per heavy atom. The number of pyridine rings is 1. The molecule has 0 spiro atoms. The van der Waals surface area contributed by atoms with Gasteiger partial charge in [0.2, 0.25) is 0 Å². The molecule has 1 unspecified atom stereocenters. The van der Waals surface area contributed by atoms with E-state index >= 15 is 0 Å². The second-order valence-electron chi connectivity index (χ2n) is 8.58. The van der Waals surface area contributed by atoms with Gasteiger partial charge in [0.05, 0.1) is 17.0 Å². The highest BCUT2D eigenvalue weighted by Gasteiger charge is 2.31. The Morgan fingerprint density at radius 2 is 1.82 bits per heavy atom. The van der Waals surface area contributed by atoms with Crippen LogP contribution in [0, 0.1) is 5.82 Å². The van der Waals surface area contributed by atoms with E-state index in [1.165, 1.54) is 43.5 Å². The van der Waals surface area contributed by atoms with Gasteiger partial charge in [-0.05, 0) is 43.3 Å². The van der Waals surface area contributed by atoms with Crippen LogP contribution < -0.4 is 15.0 Å². The first-order valence-electron chi connectivity index (χ1n) is 11.4. The number of carboxylic acids is 1. The van der Waals surface area contributed by atoms with E-state index in [1.807, 2.05) is 0 Å². The molecule has 1 aromatic heterocycles. The number of carbonyl (C=O) groups excluding carboxylic acids is 2. The van der Waals surface area contributed by atoms with Crippen LogP contribution in [0.15, 0.2) is 48.7 Å². The van der Waals surface area contributed by atoms with Crippen molar-refractivity contribution in [1.82, 2.24) is 10.3 Å². The first-order valence-corrected chi connectivity index (χ1v) is 12.2. The third-order valence-corrected chi connectivity index (χ3v) is 6.07. The van der Waals surface area contributed by atoms with Gasteiger partial charge in [-0.15, -0.1) is 0 Å². The molecule has 14 heteroatoms. The van der Waals surface area contributed by atoms with E-state index in [-0.39, 0.29) is 39.0 Å². The van der Waals surface area contributed by atoms with Crippen molar-refractivity contribution in [3.05, 3.63) is 75.7 Å². The number of hydrogen-bond acceptors (Lipinski definition) is 5. The number of alkyl halides is 3. The minimum Gasteiger partial charge on any atom is -0.481 e. The van der Waals surface area contributed by atoms with Crippen molar-refractivity contribution in [2.75, 3.05) is 18.6 Å². The average molecular weight is 602 g/mol. The minimum absolute atomic E-state index is 0.0833. The van der Waals surface area contributed by atoms with E-state index in [2.05, 4.69) is 10.3 Å². The quantitative estimate of drug-likeness (QED) is 0.291. The van der Waals surface area contributed by atoms with Crippen molar-refractivity contribution in [2.45, 2.75) is 25.6 Å². The second-order valence-corrected chi connectivity index (χ2v) is 9.39. The molecular weight excluding hydrogens is 581 g/mol. The van der Waals surface area contributed by atoms with Gasteiger partial charge >= 0.3 is 12.1 Å². The molecule has 0 aliphatic heterocycles. The molecule has 0 saturated carbocycles. The predicted octanol–water partition coefficient (Wildman–Crippen LogP) is 6.01. The molecule has 0 radical (unpaired) electrons. The van der Waals surface area contributed by atoms with E-state index in [9.17, 15) is 31.9 Å². The summed E-state index contributed by atoms with van der Waals surface area (Å²) in [5.74, 6) is -4.52. The van der Waals surface area contributed by atoms with E-state index < -0.39 is 53.7 Å². The molecule has 1 atom stereocenters. The fraction of sp³-hybridized carbons (Fsp3) is 0.231. The number of ether oxygens (including phenoxy) is 1. The number of anilines is 1. The molecule has 0 saturated heterocycles. The van der Waals surface area contributed by atoms with E-state index in [0.29, 0.717) is 0 Å². The van der Waals surface area contributed by atoms with E-state index in [4.69, 9.17) is 33.0 Å². The highest BCUT2D eigenvalue weighted by Crippen LogP contribution is 2.36. The summed E-state index contributed by atoms with van der Waals surface area (Å²) in [6, 6.07) is 8.08. The maximum Gasteiger partial charge on any atom is 0.422 e. The first kappa shape index (κ1) is 30.6. The fourth-order valence-corrected chi connectivity index (χ4v) is 4.05. The summed E-state index contributed by atoms with van der Waals surface area (Å²) in [5, 5.41) is 11.3. The largest absolute Gasteiger partial charge is 0.481 e. The Hall–Kier alpha value is -3.90. The van der Waals surface area contributed by atoms with Crippen molar-refractivity contribution < 1.29 is 41.8 Å². The Balaban J connectivity index is 2.02. The van der Waals surface area contributed by atoms with Crippen molar-refractivity contribution in [3.8, 4) is 16.9 Å². The Labute approximate surface area is 235 Å². The molecular formula is C26H21Cl2F4N3O5. The lowest BCUT2D eigenvalue weighted by Gasteiger charge is -2.22. The number of aliphatic carboxylic acids is 1. The lowest BCUT2D eigenvalue weighted by molar-refractivity contribution is -0.153. The standard InChI is InChI=1S/C26H21Cl2F4N3O5/c1-13(8-21(36)37)34-24(38)14-6-7-17(27)16(9-14)15-10-20(40-12-26(30,31)32)23(33-11-15)35(2)25(39)22-18(28)4-3-5-19(22)29/h3-7,9-11,13H,8,12H2,1-2H3,(H,34,38)(H,36,37). The minimum atomic E-state index is -4.74. The van der Waals surface area contributed by atoms with Crippen LogP contribution in [-0.4, -0.2) is 53.7 Å². The molecule has 2 N–H and O–H groups in total. The lowest BCUT2D eigenvalue weighted by Crippen LogP contribution is -2.34. The van der Waals surface area contributed by atoms with Gasteiger partial charge in [0, 0.05) is 41.0 Å². The van der Waals surface area contributed by atoms with Gasteiger partial charge in [0.1, 0.15) is 5.82 Å². The number of nitrogens with one attached hydrogen (secondary N) is 1. The maximum atomic E-state index is 14.3. The molecule has 3 rings (SSSR count). The summed E-state index contributed by atoms with van der Waals surface area (Å²) < 4.78 is 58.4. The highest BCUT2D eigenvalue weighted by atomic mass is 35.5. The number of amides is 2. The second kappa shape index (κ2) is 12.5. The fourth-order valence-electron chi connectivity index (χ4n) is 3.58. The number of hydrogen-bond donors (Lipinski definition) is 2. The topological polar surface area (TPSA) is 109 Å². The summed E-state index contributed by atoms with van der Waals surface area (Å²) in [6.07, 6.45) is -3.88. The molecule has 0 bridgehead atoms. The average Bonchev–Trinajstić information content (AvgIpc) is 2.86. The van der Waals surface area contributed by atoms with E-state index in [0.717, 1.165) is 24.1 Å². The molecule has 212 valence electrons. The molecule has 8 nitrogen and oxygen atoms in total. The maximum absolute atomic E-state index is 14.3. The van der Waals surface area contributed by atoms with E-state index in [1.54, 1.807) is 0 Å². The van der Waals surface area contributed by atoms with Gasteiger partial charge in [-0.1, -0.05) is 29.3 Å². The number of rotatable bonds is 9. The molecule has 2 amide bonds. The Bertz CT molecular complexity index is 1430. The summed E-state index contributed by atoms with van der Waals surface area (Å²) in [5.41, 5.74) is -0.121. The van der Waals surface area contributed by atoms with Crippen LogP contribution in [0.5, 0.6) is 5.75 Å². The van der Waals surface area contributed by atoms with Gasteiger partial charge < -0.3 is 15.2 Å². The zero-order chi connectivity index (χ0) is 29.8. The van der Waals surface area contributed by atoms with Crippen LogP contribution >= 0.6 is 23.2 Å². The first-order chi connectivity index (χ1) is 18.7. The van der Waals surface area contributed by atoms with Gasteiger partial charge in [-0.2, -0.15) is 13.2 Å². The zero-order valence-electron chi connectivity index (χ0n) is 20.9. The van der Waals surface area contributed by atoms with Crippen molar-refractivity contribution in [3.63, 3.8) is 0 Å². The van der Waals surface area contributed by atoms with Crippen LogP contribution in [0.3, 0.4) is 0 Å². The monoisotopic (exact) mass is 601 g/mol. The Morgan fingerprint density at radius 3 is 2.45 bits per heavy atom. The number of nitrogens with zero attached hydrogens (tertiary/aromatic N) is 2. The van der Waals surface area contributed by atoms with Gasteiger partial charge in [-0.3, -0.25) is 19.3 Å². The molecule has 3 aromatic rings. The van der Waals surface area contributed by atoms with Crippen LogP contribution in [0.4, 0.5) is 23.4 Å². The molecule has 40 heavy (non-hydrogen) atoms. The Kier molecular flexibility index (Phi) is 9.59. The summed E-state index contributed by atoms with van der Waals surface area (Å²) in [7, 11) is 1.16. The number of carbonyl (C=O) groups is 3. The third-order valence-electron chi connectivity index (χ3n) is 5.42. The van der Waals surface area contributed by atoms with Gasteiger partial charge in [0.15, 0.2) is 18.2 Å². The van der Waals surface area contributed by atoms with Crippen LogP contribution in [0.2, 0.25) is 10.0 Å². The molecule has 2 aromatic carbocycles. The molecule has 1 heterocycles. The lowest BCUT2D eigenvalue weighted by atomic mass is 10.0. The molecule has 0 aliphatic carbocycles. The number of halogens is 6. The van der Waals surface area contributed by atoms with Gasteiger partial charge in [0.25, 0.3) is 11.8 Å². The van der Waals surface area contributed by atoms with Crippen LogP contribution in [0.25, 0.3) is 11.1 Å². The molecule has 0 aliphatic rings. The third kappa shape index (κ3) is 7.60. The number of aromatic nitrogens is 1. The summed E-state index contributed by atoms with van der Waals surface area (Å²) in [6.45, 7) is -0.229. The number of carboxylic acid groups (broad SMARTS) is 1.